The van der Waals surface area contributed by atoms with E-state index in [1.807, 2.05) is 31.2 Å². The molecule has 1 aromatic heterocycles. The van der Waals surface area contributed by atoms with Crippen molar-refractivity contribution in [2.75, 3.05) is 0 Å². The third-order valence-electron chi connectivity index (χ3n) is 3.32. The zero-order valence-electron chi connectivity index (χ0n) is 11.5. The van der Waals surface area contributed by atoms with Gasteiger partial charge in [0.25, 0.3) is 5.56 Å². The van der Waals surface area contributed by atoms with Crippen molar-refractivity contribution >= 4 is 34.1 Å². The average Bonchev–Trinajstić information content (AvgIpc) is 2.40. The van der Waals surface area contributed by atoms with E-state index in [1.165, 1.54) is 0 Å². The van der Waals surface area contributed by atoms with Gasteiger partial charge in [0, 0.05) is 5.02 Å². The highest BCUT2D eigenvalue weighted by molar-refractivity contribution is 6.38. The lowest BCUT2D eigenvalue weighted by Gasteiger charge is -2.12. The number of benzene rings is 2. The summed E-state index contributed by atoms with van der Waals surface area (Å²) < 4.78 is 1.57. The molecule has 0 fully saturated rings. The van der Waals surface area contributed by atoms with Gasteiger partial charge in [0.2, 0.25) is 0 Å². The summed E-state index contributed by atoms with van der Waals surface area (Å²) in [7, 11) is 0. The van der Waals surface area contributed by atoms with Crippen molar-refractivity contribution in [1.29, 1.82) is 0 Å². The Morgan fingerprint density at radius 2 is 1.86 bits per heavy atom. The molecule has 0 aliphatic heterocycles. The summed E-state index contributed by atoms with van der Waals surface area (Å²) in [5, 5.41) is 1.22. The van der Waals surface area contributed by atoms with Crippen LogP contribution in [0.1, 0.15) is 11.4 Å². The number of fused-ring (bicyclic) bond motifs is 1. The van der Waals surface area contributed by atoms with Crippen molar-refractivity contribution in [3.8, 4) is 5.69 Å². The van der Waals surface area contributed by atoms with E-state index < -0.39 is 0 Å². The van der Waals surface area contributed by atoms with E-state index >= 15 is 0 Å². The predicted molar refractivity (Wildman–Crippen MR) is 86.8 cm³/mol. The first kappa shape index (κ1) is 14.1. The Morgan fingerprint density at radius 1 is 1.10 bits per heavy atom. The van der Waals surface area contributed by atoms with Gasteiger partial charge in [-0.3, -0.25) is 9.36 Å². The monoisotopic (exact) mass is 318 g/mol. The normalized spacial score (nSPS) is 11.0. The molecule has 0 amide bonds. The second-order valence-electron chi connectivity index (χ2n) is 4.92. The van der Waals surface area contributed by atoms with E-state index in [0.29, 0.717) is 26.8 Å². The standard InChI is InChI=1S/C16H12Cl2N2O/c1-9-4-3-5-12(6-9)20-10(2)19-15-13(16(20)21)7-11(17)8-14(15)18/h3-8H,1-2H3. The van der Waals surface area contributed by atoms with Crippen molar-refractivity contribution in [3.63, 3.8) is 0 Å². The summed E-state index contributed by atoms with van der Waals surface area (Å²) in [5.74, 6) is 0.585. The Morgan fingerprint density at radius 3 is 2.57 bits per heavy atom. The number of nitrogens with zero attached hydrogens (tertiary/aromatic N) is 2. The van der Waals surface area contributed by atoms with Crippen LogP contribution in [0.2, 0.25) is 10.0 Å². The van der Waals surface area contributed by atoms with E-state index in [-0.39, 0.29) is 5.56 Å². The molecule has 0 atom stereocenters. The lowest BCUT2D eigenvalue weighted by Crippen LogP contribution is -2.22. The smallest absolute Gasteiger partial charge is 0.266 e. The first-order valence-corrected chi connectivity index (χ1v) is 7.18. The summed E-state index contributed by atoms with van der Waals surface area (Å²) in [5.41, 5.74) is 2.16. The van der Waals surface area contributed by atoms with Gasteiger partial charge in [0.05, 0.1) is 21.6 Å². The number of rotatable bonds is 1. The zero-order chi connectivity index (χ0) is 15.1. The fourth-order valence-electron chi connectivity index (χ4n) is 2.39. The van der Waals surface area contributed by atoms with Crippen LogP contribution in [0.15, 0.2) is 41.2 Å². The number of aryl methyl sites for hydroxylation is 2. The Hall–Kier alpha value is -1.84. The lowest BCUT2D eigenvalue weighted by atomic mass is 10.2. The molecule has 0 unspecified atom stereocenters. The number of hydrogen-bond donors (Lipinski definition) is 0. The molecule has 0 bridgehead atoms. The summed E-state index contributed by atoms with van der Waals surface area (Å²) in [6.07, 6.45) is 0. The van der Waals surface area contributed by atoms with Crippen LogP contribution in [0, 0.1) is 13.8 Å². The highest BCUT2D eigenvalue weighted by Gasteiger charge is 2.13. The first-order valence-electron chi connectivity index (χ1n) is 6.43. The minimum absolute atomic E-state index is 0.174. The molecular formula is C16H12Cl2N2O. The van der Waals surface area contributed by atoms with Crippen LogP contribution in [-0.2, 0) is 0 Å². The van der Waals surface area contributed by atoms with Gasteiger partial charge < -0.3 is 0 Å². The van der Waals surface area contributed by atoms with Crippen LogP contribution >= 0.6 is 23.2 Å². The van der Waals surface area contributed by atoms with Crippen molar-refractivity contribution < 1.29 is 0 Å². The molecule has 1 heterocycles. The molecule has 106 valence electrons. The topological polar surface area (TPSA) is 34.9 Å². The summed E-state index contributed by atoms with van der Waals surface area (Å²) in [6, 6.07) is 10.9. The maximum Gasteiger partial charge on any atom is 0.266 e. The second kappa shape index (κ2) is 5.17. The molecule has 5 heteroatoms. The highest BCUT2D eigenvalue weighted by atomic mass is 35.5. The molecule has 3 aromatic rings. The van der Waals surface area contributed by atoms with Crippen LogP contribution in [0.5, 0.6) is 0 Å². The third kappa shape index (κ3) is 2.43. The van der Waals surface area contributed by atoms with E-state index in [4.69, 9.17) is 23.2 Å². The van der Waals surface area contributed by atoms with E-state index in [2.05, 4.69) is 4.98 Å². The van der Waals surface area contributed by atoms with Gasteiger partial charge in [-0.05, 0) is 43.7 Å². The van der Waals surface area contributed by atoms with Gasteiger partial charge in [-0.25, -0.2) is 4.98 Å². The SMILES string of the molecule is Cc1cccc(-n2c(C)nc3c(Cl)cc(Cl)cc3c2=O)c1. The summed E-state index contributed by atoms with van der Waals surface area (Å²) in [6.45, 7) is 3.76. The maximum absolute atomic E-state index is 12.8. The Labute approximate surface area is 131 Å². The highest BCUT2D eigenvalue weighted by Crippen LogP contribution is 2.25. The van der Waals surface area contributed by atoms with Gasteiger partial charge in [-0.2, -0.15) is 0 Å². The van der Waals surface area contributed by atoms with Gasteiger partial charge in [-0.1, -0.05) is 35.3 Å². The molecule has 3 nitrogen and oxygen atoms in total. The maximum atomic E-state index is 12.8. The predicted octanol–water partition coefficient (Wildman–Crippen LogP) is 4.31. The van der Waals surface area contributed by atoms with Crippen molar-refractivity contribution in [1.82, 2.24) is 9.55 Å². The Kier molecular flexibility index (Phi) is 3.47. The number of hydrogen-bond acceptors (Lipinski definition) is 2. The molecule has 0 saturated carbocycles. The minimum Gasteiger partial charge on any atom is -0.268 e. The van der Waals surface area contributed by atoms with E-state index in [0.717, 1.165) is 11.3 Å². The summed E-state index contributed by atoms with van der Waals surface area (Å²) in [4.78, 5) is 17.2. The largest absolute Gasteiger partial charge is 0.268 e. The van der Waals surface area contributed by atoms with E-state index in [9.17, 15) is 4.79 Å². The van der Waals surface area contributed by atoms with Gasteiger partial charge in [0.1, 0.15) is 5.82 Å². The minimum atomic E-state index is -0.174. The molecule has 0 aliphatic rings. The lowest BCUT2D eigenvalue weighted by molar-refractivity contribution is 0.893. The number of aromatic nitrogens is 2. The fourth-order valence-corrected chi connectivity index (χ4v) is 2.93. The molecule has 0 N–H and O–H groups in total. The van der Waals surface area contributed by atoms with Crippen molar-refractivity contribution in [3.05, 3.63) is 68.2 Å². The second-order valence-corrected chi connectivity index (χ2v) is 5.77. The molecule has 0 aliphatic carbocycles. The molecule has 3 rings (SSSR count). The quantitative estimate of drug-likeness (QED) is 0.670. The van der Waals surface area contributed by atoms with Crippen LogP contribution in [-0.4, -0.2) is 9.55 Å². The molecule has 0 saturated heterocycles. The fraction of sp³-hybridized carbons (Fsp3) is 0.125. The molecular weight excluding hydrogens is 307 g/mol. The third-order valence-corrected chi connectivity index (χ3v) is 3.83. The molecule has 0 radical (unpaired) electrons. The number of halogens is 2. The molecule has 21 heavy (non-hydrogen) atoms. The van der Waals surface area contributed by atoms with Crippen molar-refractivity contribution in [2.45, 2.75) is 13.8 Å². The Bertz CT molecular complexity index is 916. The van der Waals surface area contributed by atoms with Crippen LogP contribution in [0.4, 0.5) is 0 Å². The Balaban J connectivity index is 2.42. The van der Waals surface area contributed by atoms with Gasteiger partial charge >= 0.3 is 0 Å². The van der Waals surface area contributed by atoms with Gasteiger partial charge in [0.15, 0.2) is 0 Å². The van der Waals surface area contributed by atoms with E-state index in [1.54, 1.807) is 23.6 Å². The van der Waals surface area contributed by atoms with Crippen molar-refractivity contribution in [2.24, 2.45) is 0 Å². The first-order chi connectivity index (χ1) is 9.97. The van der Waals surface area contributed by atoms with Crippen LogP contribution in [0.3, 0.4) is 0 Å². The summed E-state index contributed by atoms with van der Waals surface area (Å²) >= 11 is 12.1. The van der Waals surface area contributed by atoms with Gasteiger partial charge in [-0.15, -0.1) is 0 Å². The average molecular weight is 319 g/mol. The van der Waals surface area contributed by atoms with Crippen LogP contribution < -0.4 is 5.56 Å². The zero-order valence-corrected chi connectivity index (χ0v) is 13.0. The van der Waals surface area contributed by atoms with Crippen LogP contribution in [0.25, 0.3) is 16.6 Å². The molecule has 2 aromatic carbocycles. The molecule has 0 spiro atoms.